The zero-order chi connectivity index (χ0) is 52.1. The van der Waals surface area contributed by atoms with Crippen LogP contribution in [0.3, 0.4) is 0 Å². The number of fused-ring (bicyclic) bond motifs is 10. The number of benzene rings is 9. The lowest BCUT2D eigenvalue weighted by atomic mass is 9.84. The van der Waals surface area contributed by atoms with Crippen molar-refractivity contribution in [2.45, 2.75) is 0 Å². The summed E-state index contributed by atoms with van der Waals surface area (Å²) < 4.78 is 240. The van der Waals surface area contributed by atoms with Crippen LogP contribution >= 0.6 is 0 Å². The van der Waals surface area contributed by atoms with Crippen molar-refractivity contribution in [1.82, 2.24) is 0 Å². The first-order valence-corrected chi connectivity index (χ1v) is 13.4. The topological polar surface area (TPSA) is 13.1 Å². The molecule has 45 heavy (non-hydrogen) atoms. The molecule has 0 N–H and O–H groups in total. The molecule has 0 aliphatic rings. The third-order valence-corrected chi connectivity index (χ3v) is 7.69. The van der Waals surface area contributed by atoms with Gasteiger partial charge in [0.25, 0.3) is 0 Å². The van der Waals surface area contributed by atoms with E-state index in [1.165, 1.54) is 0 Å². The second kappa shape index (κ2) is 9.29. The largest absolute Gasteiger partial charge is 0.455 e. The molecule has 1 heteroatoms. The Hall–Kier alpha value is -5.92. The molecule has 0 atom stereocenters. The summed E-state index contributed by atoms with van der Waals surface area (Å²) in [7, 11) is 0. The first kappa shape index (κ1) is 10.3. The van der Waals surface area contributed by atoms with Crippen molar-refractivity contribution in [3.05, 3.63) is 157 Å². The van der Waals surface area contributed by atoms with Gasteiger partial charge >= 0.3 is 0 Å². The summed E-state index contributed by atoms with van der Waals surface area (Å²) in [5, 5.41) is -6.80. The molecule has 0 aliphatic carbocycles. The Morgan fingerprint density at radius 2 is 0.889 bits per heavy atom. The van der Waals surface area contributed by atoms with E-state index < -0.39 is 255 Å². The monoisotopic (exact) mass is 596 g/mol. The molecule has 0 spiro atoms. The van der Waals surface area contributed by atoms with E-state index >= 15 is 0 Å². The van der Waals surface area contributed by atoms with Gasteiger partial charge < -0.3 is 4.42 Å². The lowest BCUT2D eigenvalue weighted by molar-refractivity contribution is 0.673. The number of rotatable bonds is 2. The van der Waals surface area contributed by atoms with Crippen LogP contribution in [0.4, 0.5) is 0 Å². The predicted octanol–water partition coefficient (Wildman–Crippen LogP) is 12.7. The van der Waals surface area contributed by atoms with Gasteiger partial charge in [0.2, 0.25) is 0 Å². The average Bonchev–Trinajstić information content (AvgIpc) is 3.75. The highest BCUT2D eigenvalue weighted by atomic mass is 16.3. The number of furan rings is 1. The van der Waals surface area contributed by atoms with Gasteiger partial charge in [0.1, 0.15) is 11.2 Å². The van der Waals surface area contributed by atoms with Gasteiger partial charge in [-0.25, -0.2) is 0 Å². The second-order valence-corrected chi connectivity index (χ2v) is 10.0. The fourth-order valence-electron chi connectivity index (χ4n) is 5.78. The molecule has 208 valence electrons. The Morgan fingerprint density at radius 1 is 0.356 bits per heavy atom. The average molecular weight is 597 g/mol. The molecule has 1 nitrogen and oxygen atoms in total. The van der Waals surface area contributed by atoms with Gasteiger partial charge in [-0.15, -0.1) is 0 Å². The van der Waals surface area contributed by atoms with Crippen LogP contribution in [0.2, 0.25) is 0 Å². The molecule has 0 fully saturated rings. The van der Waals surface area contributed by atoms with Crippen molar-refractivity contribution in [2.75, 3.05) is 0 Å². The van der Waals surface area contributed by atoms with Gasteiger partial charge in [-0.1, -0.05) is 139 Å². The SMILES string of the molecule is [2H]c1c([2H])c([2H])c2c(-c3c([2H])c([2H])c([2H])c4c3c([2H])c([2H])c3c([2H])c([2H])c([2H])c([2H])c34)c3c([2H])c([2H])c([2H])c([2H])c3c(-c3c([2H])c([2H])c4c(oc5c6c([2H])c([2H])c([2H])c([2H])c6c([2H])c([2H])c54)c3[2H])c2c1[2H]. The molecule has 0 saturated carbocycles. The van der Waals surface area contributed by atoms with Crippen LogP contribution in [0.15, 0.2) is 162 Å². The molecule has 0 amide bonds. The first-order chi connectivity index (χ1) is 33.2. The first-order valence-electron chi connectivity index (χ1n) is 26.4. The fraction of sp³-hybridized carbons (Fsp3) is 0. The maximum atomic E-state index is 9.73. The van der Waals surface area contributed by atoms with E-state index in [0.717, 1.165) is 0 Å². The number of hydrogen-bond donors (Lipinski definition) is 0. The second-order valence-electron chi connectivity index (χ2n) is 10.0. The molecule has 0 aliphatic heterocycles. The van der Waals surface area contributed by atoms with Crippen LogP contribution < -0.4 is 0 Å². The normalized spacial score (nSPS) is 20.1. The van der Waals surface area contributed by atoms with E-state index in [1.807, 2.05) is 0 Å². The van der Waals surface area contributed by atoms with Crippen LogP contribution in [0.25, 0.3) is 98.1 Å². The van der Waals surface area contributed by atoms with Crippen molar-refractivity contribution in [2.24, 2.45) is 0 Å². The minimum atomic E-state index is -0.976. The maximum absolute atomic E-state index is 9.73. The van der Waals surface area contributed by atoms with Gasteiger partial charge in [0.15, 0.2) is 0 Å². The van der Waals surface area contributed by atoms with Gasteiger partial charge in [-0.3, -0.25) is 0 Å². The summed E-state index contributed by atoms with van der Waals surface area (Å²) in [6.07, 6.45) is 0. The van der Waals surface area contributed by atoms with E-state index in [9.17, 15) is 12.3 Å². The summed E-state index contributed by atoms with van der Waals surface area (Å²) in [4.78, 5) is 0. The summed E-state index contributed by atoms with van der Waals surface area (Å²) in [5.41, 5.74) is -3.97. The molecule has 9 aromatic carbocycles. The zero-order valence-electron chi connectivity index (χ0n) is 48.4. The molecular weight excluding hydrogens is 544 g/mol. The molecular formula is C44H26O. The summed E-state index contributed by atoms with van der Waals surface area (Å²) in [6, 6.07) is -22.6. The standard InChI is InChI=1S/C44H26O/c1-3-12-30-27(10-1)20-23-33-32(30)18-9-19-35(33)43-38-16-7-5-14-36(38)42(37-15-6-8-17-39(37)43)29-22-24-34-40-25-21-28-11-2-4-13-31(28)44(40)45-41(34)26-29/h1-26H/i1D,2D,3D,4D,5D,6D,7D,8D,9D,10D,11D,12D,13D,14D,15D,16D,17D,18D,19D,20D,21D,22D,23D,24D,25D,26D. The van der Waals surface area contributed by atoms with Crippen LogP contribution in [0.1, 0.15) is 35.6 Å². The van der Waals surface area contributed by atoms with Crippen molar-refractivity contribution < 1.29 is 40.1 Å². The smallest absolute Gasteiger partial charge is 0.143 e. The quantitative estimate of drug-likeness (QED) is 0.143. The van der Waals surface area contributed by atoms with Crippen LogP contribution in [0.5, 0.6) is 0 Å². The van der Waals surface area contributed by atoms with Gasteiger partial charge in [0, 0.05) is 16.2 Å². The lowest BCUT2D eigenvalue weighted by Crippen LogP contribution is -1.91. The highest BCUT2D eigenvalue weighted by molar-refractivity contribution is 6.25. The minimum absolute atomic E-state index is 0.397. The fourth-order valence-corrected chi connectivity index (χ4v) is 5.78. The van der Waals surface area contributed by atoms with E-state index in [4.69, 9.17) is 27.7 Å². The van der Waals surface area contributed by atoms with E-state index in [1.54, 1.807) is 0 Å². The van der Waals surface area contributed by atoms with E-state index in [-0.39, 0.29) is 0 Å². The molecule has 1 heterocycles. The van der Waals surface area contributed by atoms with E-state index in [0.29, 0.717) is 0 Å². The minimum Gasteiger partial charge on any atom is -0.455 e. The summed E-state index contributed by atoms with van der Waals surface area (Å²) in [6.45, 7) is 0. The predicted molar refractivity (Wildman–Crippen MR) is 192 cm³/mol. The molecule has 0 unspecified atom stereocenters. The van der Waals surface area contributed by atoms with Crippen molar-refractivity contribution in [1.29, 1.82) is 0 Å². The van der Waals surface area contributed by atoms with Crippen molar-refractivity contribution in [3.63, 3.8) is 0 Å². The molecule has 0 saturated heterocycles. The maximum Gasteiger partial charge on any atom is 0.143 e. The molecule has 1 aromatic heterocycles. The highest BCUT2D eigenvalue weighted by Crippen LogP contribution is 2.46. The van der Waals surface area contributed by atoms with Crippen LogP contribution in [-0.4, -0.2) is 0 Å². The van der Waals surface area contributed by atoms with Crippen LogP contribution in [-0.2, 0) is 0 Å². The highest BCUT2D eigenvalue weighted by Gasteiger charge is 2.19. The molecule has 0 bridgehead atoms. The Labute approximate surface area is 296 Å². The van der Waals surface area contributed by atoms with Gasteiger partial charge in [0.05, 0.1) is 35.6 Å². The molecule has 10 aromatic rings. The number of hydrogen-bond acceptors (Lipinski definition) is 1. The molecule has 10 rings (SSSR count). The third-order valence-electron chi connectivity index (χ3n) is 7.69. The Kier molecular flexibility index (Phi) is 2.13. The lowest BCUT2D eigenvalue weighted by Gasteiger charge is -2.19. The van der Waals surface area contributed by atoms with Crippen molar-refractivity contribution in [3.8, 4) is 22.3 Å². The Balaban J connectivity index is 1.53. The van der Waals surface area contributed by atoms with E-state index in [2.05, 4.69) is 0 Å². The molecule has 0 radical (unpaired) electrons. The Morgan fingerprint density at radius 3 is 1.60 bits per heavy atom. The third kappa shape index (κ3) is 3.50. The van der Waals surface area contributed by atoms with Crippen molar-refractivity contribution >= 4 is 75.8 Å². The van der Waals surface area contributed by atoms with Crippen LogP contribution in [0, 0.1) is 0 Å². The van der Waals surface area contributed by atoms with Gasteiger partial charge in [-0.2, -0.15) is 0 Å². The Bertz CT molecular complexity index is 4210. The zero-order valence-corrected chi connectivity index (χ0v) is 22.4. The summed E-state index contributed by atoms with van der Waals surface area (Å²) in [5.74, 6) is 0. The van der Waals surface area contributed by atoms with Gasteiger partial charge in [-0.05, 0) is 88.9 Å². The summed E-state index contributed by atoms with van der Waals surface area (Å²) >= 11 is 0.